The predicted octanol–water partition coefficient (Wildman–Crippen LogP) is 8.02. The average molecular weight is 512 g/mol. The van der Waals surface area contributed by atoms with Gasteiger partial charge in [0, 0.05) is 30.1 Å². The Morgan fingerprint density at radius 2 is 1.43 bits per heavy atom. The molecule has 1 atom stereocenters. The first-order chi connectivity index (χ1) is 17.7. The van der Waals surface area contributed by atoms with Gasteiger partial charge in [0.25, 0.3) is 0 Å². The van der Waals surface area contributed by atoms with E-state index < -0.39 is 17.7 Å². The van der Waals surface area contributed by atoms with Gasteiger partial charge in [0.15, 0.2) is 5.78 Å². The highest BCUT2D eigenvalue weighted by Crippen LogP contribution is 2.31. The molecule has 0 aliphatic rings. The largest absolute Gasteiger partial charge is 0.481 e. The average Bonchev–Trinajstić information content (AvgIpc) is 2.87. The second-order valence-corrected chi connectivity index (χ2v) is 9.21. The van der Waals surface area contributed by atoms with E-state index in [1.54, 1.807) is 12.1 Å². The minimum atomic E-state index is -4.35. The van der Waals surface area contributed by atoms with E-state index in [-0.39, 0.29) is 24.7 Å². The first kappa shape index (κ1) is 28.0. The third-order valence-corrected chi connectivity index (χ3v) is 6.26. The van der Waals surface area contributed by atoms with Crippen LogP contribution in [0.25, 0.3) is 11.1 Å². The zero-order valence-electron chi connectivity index (χ0n) is 20.9. The molecular formula is C30H32F3NO3. The van der Waals surface area contributed by atoms with Gasteiger partial charge in [0.05, 0.1) is 5.56 Å². The summed E-state index contributed by atoms with van der Waals surface area (Å²) in [6.45, 7) is 2.14. The number of unbranched alkanes of at least 4 members (excludes halogenated alkanes) is 1. The molecule has 3 aromatic rings. The van der Waals surface area contributed by atoms with Gasteiger partial charge in [-0.25, -0.2) is 0 Å². The molecule has 0 spiro atoms. The fraction of sp³-hybridized carbons (Fsp3) is 0.333. The quantitative estimate of drug-likeness (QED) is 0.228. The lowest BCUT2D eigenvalue weighted by atomic mass is 9.97. The zero-order valence-corrected chi connectivity index (χ0v) is 20.9. The van der Waals surface area contributed by atoms with Crippen molar-refractivity contribution in [2.75, 3.05) is 5.32 Å². The molecule has 4 nitrogen and oxygen atoms in total. The smallest absolute Gasteiger partial charge is 0.416 e. The van der Waals surface area contributed by atoms with Gasteiger partial charge in [-0.05, 0) is 72.4 Å². The lowest BCUT2D eigenvalue weighted by molar-refractivity contribution is -0.138. The number of benzene rings is 3. The van der Waals surface area contributed by atoms with Crippen molar-refractivity contribution in [1.29, 1.82) is 0 Å². The van der Waals surface area contributed by atoms with Crippen molar-refractivity contribution in [3.8, 4) is 11.1 Å². The maximum Gasteiger partial charge on any atom is 0.416 e. The number of Topliss-reactive ketones (excluding diaryl/α,β-unsaturated/α-hetero) is 1. The number of hydrogen-bond donors (Lipinski definition) is 2. The van der Waals surface area contributed by atoms with E-state index in [2.05, 4.69) is 12.2 Å². The van der Waals surface area contributed by atoms with Crippen molar-refractivity contribution in [2.24, 2.45) is 0 Å². The van der Waals surface area contributed by atoms with E-state index in [1.165, 1.54) is 12.1 Å². The van der Waals surface area contributed by atoms with Gasteiger partial charge < -0.3 is 10.4 Å². The van der Waals surface area contributed by atoms with E-state index in [0.717, 1.165) is 60.2 Å². The summed E-state index contributed by atoms with van der Waals surface area (Å²) in [5.74, 6) is -0.969. The van der Waals surface area contributed by atoms with Crippen LogP contribution in [0.1, 0.15) is 66.9 Å². The van der Waals surface area contributed by atoms with Crippen LogP contribution < -0.4 is 5.32 Å². The highest BCUT2D eigenvalue weighted by atomic mass is 19.4. The van der Waals surface area contributed by atoms with Crippen LogP contribution in [0.4, 0.5) is 18.9 Å². The number of rotatable bonds is 13. The monoisotopic (exact) mass is 511 g/mol. The van der Waals surface area contributed by atoms with Crippen LogP contribution in [0, 0.1) is 0 Å². The van der Waals surface area contributed by atoms with Crippen LogP contribution in [-0.4, -0.2) is 22.9 Å². The maximum absolute atomic E-state index is 12.8. The molecule has 0 radical (unpaired) electrons. The highest BCUT2D eigenvalue weighted by molar-refractivity contribution is 5.96. The third kappa shape index (κ3) is 8.77. The lowest BCUT2D eigenvalue weighted by Crippen LogP contribution is -2.22. The number of halogens is 3. The first-order valence-corrected chi connectivity index (χ1v) is 12.5. The third-order valence-electron chi connectivity index (χ3n) is 6.26. The van der Waals surface area contributed by atoms with Gasteiger partial charge in [0.1, 0.15) is 0 Å². The lowest BCUT2D eigenvalue weighted by Gasteiger charge is -2.20. The first-order valence-electron chi connectivity index (χ1n) is 12.5. The van der Waals surface area contributed by atoms with Crippen LogP contribution in [0.3, 0.4) is 0 Å². The van der Waals surface area contributed by atoms with Crippen molar-refractivity contribution < 1.29 is 27.9 Å². The normalized spacial score (nSPS) is 12.2. The van der Waals surface area contributed by atoms with Crippen LogP contribution in [0.2, 0.25) is 0 Å². The number of ketones is 1. The number of carbonyl (C=O) groups excluding carboxylic acids is 1. The summed E-state index contributed by atoms with van der Waals surface area (Å²) in [6.07, 6.45) is 0.0362. The number of aliphatic carboxylic acids is 1. The van der Waals surface area contributed by atoms with Gasteiger partial charge in [-0.2, -0.15) is 13.2 Å². The van der Waals surface area contributed by atoms with Gasteiger partial charge in [-0.3, -0.25) is 9.59 Å². The van der Waals surface area contributed by atoms with E-state index in [4.69, 9.17) is 5.11 Å². The second-order valence-electron chi connectivity index (χ2n) is 9.21. The van der Waals surface area contributed by atoms with Crippen molar-refractivity contribution in [1.82, 2.24) is 0 Å². The van der Waals surface area contributed by atoms with Gasteiger partial charge >= 0.3 is 12.1 Å². The van der Waals surface area contributed by atoms with Gasteiger partial charge in [-0.15, -0.1) is 0 Å². The van der Waals surface area contributed by atoms with Crippen LogP contribution in [-0.2, 0) is 17.4 Å². The molecule has 196 valence electrons. The fourth-order valence-corrected chi connectivity index (χ4v) is 4.18. The summed E-state index contributed by atoms with van der Waals surface area (Å²) in [5.41, 5.74) is 3.53. The topological polar surface area (TPSA) is 66.4 Å². The van der Waals surface area contributed by atoms with E-state index in [9.17, 15) is 22.8 Å². The maximum atomic E-state index is 12.8. The molecule has 0 aliphatic heterocycles. The standard InChI is InChI=1S/C30H32F3NO3/c1-2-3-5-27(34-26-18-14-24(15-19-26)28(35)6-4-7-29(36)37)20-21-8-10-22(11-9-21)23-12-16-25(17-13-23)30(31,32)33/h8-19,27,34H,2-7,20H2,1H3,(H,36,37). The Balaban J connectivity index is 1.62. The Bertz CT molecular complexity index is 1150. The number of alkyl halides is 3. The SMILES string of the molecule is CCCCC(Cc1ccc(-c2ccc(C(F)(F)F)cc2)cc1)Nc1ccc(C(=O)CCCC(=O)O)cc1. The molecular weight excluding hydrogens is 479 g/mol. The van der Waals surface area contributed by atoms with Crippen molar-refractivity contribution in [2.45, 2.75) is 64.1 Å². The molecule has 1 unspecified atom stereocenters. The van der Waals surface area contributed by atoms with Crippen molar-refractivity contribution >= 4 is 17.4 Å². The van der Waals surface area contributed by atoms with Crippen molar-refractivity contribution in [3.05, 3.63) is 89.5 Å². The number of carboxylic acid groups (broad SMARTS) is 1. The minimum absolute atomic E-state index is 0.0181. The summed E-state index contributed by atoms with van der Waals surface area (Å²) in [6, 6.07) is 20.5. The summed E-state index contributed by atoms with van der Waals surface area (Å²) in [4.78, 5) is 22.9. The number of anilines is 1. The summed E-state index contributed by atoms with van der Waals surface area (Å²) < 4.78 is 38.5. The molecule has 0 aliphatic carbocycles. The van der Waals surface area contributed by atoms with Crippen LogP contribution in [0.5, 0.6) is 0 Å². The minimum Gasteiger partial charge on any atom is -0.481 e. The summed E-state index contributed by atoms with van der Waals surface area (Å²) in [5, 5.41) is 12.3. The molecule has 3 aromatic carbocycles. The Kier molecular flexibility index (Phi) is 9.89. The highest BCUT2D eigenvalue weighted by Gasteiger charge is 2.29. The number of carboxylic acids is 1. The Morgan fingerprint density at radius 3 is 1.97 bits per heavy atom. The van der Waals surface area contributed by atoms with Crippen LogP contribution >= 0.6 is 0 Å². The molecule has 0 aromatic heterocycles. The van der Waals surface area contributed by atoms with Crippen molar-refractivity contribution in [3.63, 3.8) is 0 Å². The molecule has 7 heteroatoms. The number of carbonyl (C=O) groups is 2. The molecule has 2 N–H and O–H groups in total. The number of hydrogen-bond acceptors (Lipinski definition) is 3. The molecule has 0 saturated heterocycles. The Morgan fingerprint density at radius 1 is 0.838 bits per heavy atom. The molecule has 0 saturated carbocycles. The molecule has 0 heterocycles. The predicted molar refractivity (Wildman–Crippen MR) is 140 cm³/mol. The second kappa shape index (κ2) is 13.1. The fourth-order valence-electron chi connectivity index (χ4n) is 4.18. The summed E-state index contributed by atoms with van der Waals surface area (Å²) in [7, 11) is 0. The molecule has 37 heavy (non-hydrogen) atoms. The van der Waals surface area contributed by atoms with Crippen LogP contribution in [0.15, 0.2) is 72.8 Å². The number of nitrogens with one attached hydrogen (secondary N) is 1. The summed E-state index contributed by atoms with van der Waals surface area (Å²) >= 11 is 0. The Hall–Kier alpha value is -3.61. The van der Waals surface area contributed by atoms with E-state index in [0.29, 0.717) is 12.0 Å². The van der Waals surface area contributed by atoms with Gasteiger partial charge in [0.2, 0.25) is 0 Å². The molecule has 0 amide bonds. The molecule has 3 rings (SSSR count). The molecule has 0 fully saturated rings. The van der Waals surface area contributed by atoms with E-state index >= 15 is 0 Å². The zero-order chi connectivity index (χ0) is 26.8. The Labute approximate surface area is 215 Å². The molecule has 0 bridgehead atoms. The van der Waals surface area contributed by atoms with E-state index in [1.807, 2.05) is 36.4 Å². The van der Waals surface area contributed by atoms with Gasteiger partial charge in [-0.1, -0.05) is 56.2 Å².